The lowest BCUT2D eigenvalue weighted by molar-refractivity contribution is -0.237. The number of rotatable bonds is 10. The van der Waals surface area contributed by atoms with Gasteiger partial charge < -0.3 is 38.6 Å². The maximum atomic E-state index is 14.5. The van der Waals surface area contributed by atoms with E-state index < -0.39 is 71.5 Å². The first-order valence-electron chi connectivity index (χ1n) is 19.3. The van der Waals surface area contributed by atoms with Gasteiger partial charge >= 0.3 is 5.97 Å². The highest BCUT2D eigenvalue weighted by atomic mass is 16.7. The smallest absolute Gasteiger partial charge is 0.309 e. The van der Waals surface area contributed by atoms with Crippen LogP contribution in [0.2, 0.25) is 0 Å². The summed E-state index contributed by atoms with van der Waals surface area (Å²) in [6, 6.07) is -0.556. The number of aliphatic hydroxyl groups excluding tert-OH is 2. The van der Waals surface area contributed by atoms with Gasteiger partial charge in [0.2, 0.25) is 6.41 Å². The number of esters is 1. The molecule has 0 spiro atoms. The van der Waals surface area contributed by atoms with E-state index >= 15 is 0 Å². The number of nitrogens with zero attached hydrogens (tertiary/aromatic N) is 1. The van der Waals surface area contributed by atoms with E-state index in [0.29, 0.717) is 44.8 Å². The number of cyclic esters (lactones) is 1. The van der Waals surface area contributed by atoms with E-state index in [2.05, 4.69) is 20.8 Å². The lowest BCUT2D eigenvalue weighted by Gasteiger charge is -2.51. The monoisotopic (exact) mass is 711 g/mol. The summed E-state index contributed by atoms with van der Waals surface area (Å²) < 4.78 is 37.5. The number of hydrogen-bond acceptors (Lipinski definition) is 11. The lowest BCUT2D eigenvalue weighted by atomic mass is 9.65. The van der Waals surface area contributed by atoms with Crippen molar-refractivity contribution in [3.05, 3.63) is 0 Å². The van der Waals surface area contributed by atoms with Crippen LogP contribution in [0.25, 0.3) is 0 Å². The van der Waals surface area contributed by atoms with Crippen molar-refractivity contribution >= 4 is 11.8 Å². The van der Waals surface area contributed by atoms with Gasteiger partial charge in [0, 0.05) is 58.2 Å². The van der Waals surface area contributed by atoms with E-state index in [-0.39, 0.29) is 29.5 Å². The third-order valence-electron chi connectivity index (χ3n) is 13.5. The van der Waals surface area contributed by atoms with E-state index in [1.807, 2.05) is 53.4 Å². The second kappa shape index (κ2) is 16.5. The van der Waals surface area contributed by atoms with Crippen LogP contribution >= 0.6 is 0 Å². The van der Waals surface area contributed by atoms with Crippen molar-refractivity contribution in [3.63, 3.8) is 0 Å². The van der Waals surface area contributed by atoms with Gasteiger partial charge in [0.25, 0.3) is 0 Å². The molecule has 0 aromatic rings. The third kappa shape index (κ3) is 8.30. The van der Waals surface area contributed by atoms with E-state index in [1.165, 1.54) is 12.8 Å². The summed E-state index contributed by atoms with van der Waals surface area (Å²) in [4.78, 5) is 30.8. The Morgan fingerprint density at radius 1 is 0.920 bits per heavy atom. The fraction of sp³-hybridized carbons (Fsp3) is 0.949. The molecule has 0 aromatic carbocycles. The molecule has 2 unspecified atom stereocenters. The number of aliphatic hydroxyl groups is 2. The predicted octanol–water partition coefficient (Wildman–Crippen LogP) is 4.98. The summed E-state index contributed by atoms with van der Waals surface area (Å²) in [6.45, 7) is 21.4. The molecule has 0 radical (unpaired) electrons. The van der Waals surface area contributed by atoms with Crippen LogP contribution in [-0.4, -0.2) is 115 Å². The van der Waals surface area contributed by atoms with Gasteiger partial charge in [-0.1, -0.05) is 41.5 Å². The fourth-order valence-electron chi connectivity index (χ4n) is 9.64. The molecule has 15 atom stereocenters. The molecule has 0 amide bonds. The molecule has 11 nitrogen and oxygen atoms in total. The number of Topliss-reactive ketones (excluding diaryl/α,β-unsaturated/α-hetero) is 1. The van der Waals surface area contributed by atoms with E-state index in [9.17, 15) is 19.8 Å². The molecule has 3 saturated heterocycles. The maximum Gasteiger partial charge on any atom is 0.309 e. The second-order valence-corrected chi connectivity index (χ2v) is 16.9. The van der Waals surface area contributed by atoms with Gasteiger partial charge in [-0.05, 0) is 77.6 Å². The van der Waals surface area contributed by atoms with Crippen LogP contribution in [0, 0.1) is 41.4 Å². The number of ketones is 1. The van der Waals surface area contributed by atoms with Crippen molar-refractivity contribution in [1.82, 2.24) is 4.90 Å². The van der Waals surface area contributed by atoms with Gasteiger partial charge in [-0.2, -0.15) is 0 Å². The molecule has 50 heavy (non-hydrogen) atoms. The molecule has 2 N–H and O–H groups in total. The molecular weight excluding hydrogens is 642 g/mol. The number of carbonyl (C=O) groups excluding carboxylic acids is 2. The van der Waals surface area contributed by atoms with Crippen LogP contribution in [-0.2, 0) is 38.0 Å². The summed E-state index contributed by atoms with van der Waals surface area (Å²) in [5.41, 5.74) is -2.77. The first kappa shape index (κ1) is 41.6. The zero-order valence-electron chi connectivity index (χ0n) is 33.0. The molecule has 0 bridgehead atoms. The Bertz CT molecular complexity index is 1150. The minimum Gasteiger partial charge on any atom is -0.459 e. The zero-order chi connectivity index (χ0) is 37.3. The van der Waals surface area contributed by atoms with Crippen molar-refractivity contribution in [2.45, 2.75) is 161 Å². The molecule has 1 saturated carbocycles. The molecule has 4 fully saturated rings. The van der Waals surface area contributed by atoms with Gasteiger partial charge in [-0.15, -0.1) is 0 Å². The van der Waals surface area contributed by atoms with Crippen LogP contribution in [0.4, 0.5) is 0 Å². The lowest BCUT2D eigenvalue weighted by Crippen LogP contribution is -2.60. The molecule has 4 aliphatic rings. The Hall–Kier alpha value is -1.18. The largest absolute Gasteiger partial charge is 0.459 e. The van der Waals surface area contributed by atoms with Crippen molar-refractivity contribution in [2.24, 2.45) is 41.4 Å². The number of fused-ring (bicyclic) bond motifs is 1. The maximum absolute atomic E-state index is 14.5. The Morgan fingerprint density at radius 3 is 2.14 bits per heavy atom. The van der Waals surface area contributed by atoms with Gasteiger partial charge in [0.05, 0.1) is 35.4 Å². The summed E-state index contributed by atoms with van der Waals surface area (Å²) in [5.74, 6) is -1.76. The van der Waals surface area contributed by atoms with Crippen LogP contribution in [0.3, 0.4) is 0 Å². The highest BCUT2D eigenvalue weighted by molar-refractivity contribution is 5.84. The number of methoxy groups -OCH3 is 2. The van der Waals surface area contributed by atoms with Gasteiger partial charge in [-0.3, -0.25) is 9.59 Å². The normalized spacial score (nSPS) is 47.1. The first-order valence-corrected chi connectivity index (χ1v) is 19.3. The molecule has 4 rings (SSSR count). The molecule has 1 aliphatic carbocycles. The number of hydrogen-bond donors (Lipinski definition) is 2. The highest BCUT2D eigenvalue weighted by Crippen LogP contribution is 2.47. The van der Waals surface area contributed by atoms with Crippen LogP contribution in [0.1, 0.15) is 108 Å². The quantitative estimate of drug-likeness (QED) is 0.235. The second-order valence-electron chi connectivity index (χ2n) is 16.9. The number of ether oxygens (including phenoxy) is 6. The Balaban J connectivity index is 1.74. The van der Waals surface area contributed by atoms with Crippen molar-refractivity contribution in [3.8, 4) is 0 Å². The van der Waals surface area contributed by atoms with Crippen LogP contribution in [0.15, 0.2) is 0 Å². The molecule has 0 aromatic heterocycles. The fourth-order valence-corrected chi connectivity index (χ4v) is 9.64. The van der Waals surface area contributed by atoms with Crippen LogP contribution in [0.5, 0.6) is 0 Å². The van der Waals surface area contributed by atoms with Crippen molar-refractivity contribution in [1.29, 1.82) is 0 Å². The summed E-state index contributed by atoms with van der Waals surface area (Å²) >= 11 is 0. The number of carbonyl (C=O) groups is 2. The molecule has 3 aliphatic heterocycles. The van der Waals surface area contributed by atoms with E-state index in [0.717, 1.165) is 6.61 Å². The van der Waals surface area contributed by atoms with Crippen molar-refractivity contribution < 1.29 is 48.2 Å². The highest BCUT2D eigenvalue weighted by Gasteiger charge is 2.59. The van der Waals surface area contributed by atoms with E-state index in [4.69, 9.17) is 28.4 Å². The summed E-state index contributed by atoms with van der Waals surface area (Å²) in [6.07, 6.45) is 0.581. The van der Waals surface area contributed by atoms with Crippen molar-refractivity contribution in [2.75, 3.05) is 34.0 Å². The standard InChI is InChI=1S/C39H69NO10/c1-13-30-39(10)33(40(36(44)50-39)17-14-18-47-21-28-15-16-28)25(5)32(41)22(2)19-37(8,45-11)26(6)23(3)31(24(4)35(43)49-30)29-20-38(9,46-12)34(42)27(7)48-29/h22-31,33-34,36,42,44H,13-21H2,1-12H3/t22-,23-,24-,25+,26-,27+,29?,30-,31+,33-,34+,36?,37-,38-,39-/m1/s1. The van der Waals surface area contributed by atoms with Crippen LogP contribution < -0.4 is 0 Å². The molecular formula is C39H69NO10. The third-order valence-corrected chi connectivity index (χ3v) is 13.5. The SMILES string of the molecule is CC[C@H]1OC(=O)[C@H](C)[C@@H](C2C[C@@](C)(OC)[C@@H](O)[C@H](C)O2)[C@H](C)[C@@H](C)[C@](C)(OC)C[C@@H](C)C(=O)[C@H](C)[C@H]2N(CCCOCC3CC3)C(O)O[C@]12C. The Kier molecular flexibility index (Phi) is 13.7. The molecule has 290 valence electrons. The topological polar surface area (TPSA) is 133 Å². The average Bonchev–Trinajstić information content (AvgIpc) is 3.87. The summed E-state index contributed by atoms with van der Waals surface area (Å²) in [7, 11) is 3.29. The Morgan fingerprint density at radius 2 is 1.56 bits per heavy atom. The van der Waals surface area contributed by atoms with Gasteiger partial charge in [0.15, 0.2) is 0 Å². The minimum absolute atomic E-state index is 0.0504. The first-order chi connectivity index (χ1) is 23.4. The van der Waals surface area contributed by atoms with Gasteiger partial charge in [-0.25, -0.2) is 4.90 Å². The average molecular weight is 712 g/mol. The summed E-state index contributed by atoms with van der Waals surface area (Å²) in [5, 5.41) is 22.5. The van der Waals surface area contributed by atoms with Gasteiger partial charge in [0.1, 0.15) is 23.6 Å². The molecule has 11 heteroatoms. The Labute approximate surface area is 301 Å². The molecule has 3 heterocycles. The van der Waals surface area contributed by atoms with E-state index in [1.54, 1.807) is 14.2 Å². The minimum atomic E-state index is -1.27. The zero-order valence-corrected chi connectivity index (χ0v) is 33.0. The predicted molar refractivity (Wildman–Crippen MR) is 189 cm³/mol.